The first-order valence-electron chi connectivity index (χ1n) is 4.42. The third kappa shape index (κ3) is 2.13. The van der Waals surface area contributed by atoms with Crippen molar-refractivity contribution >= 4 is 23.2 Å². The van der Waals surface area contributed by atoms with Crippen LogP contribution in [0.3, 0.4) is 0 Å². The number of alkyl halides is 1. The Morgan fingerprint density at radius 3 is 2.73 bits per heavy atom. The van der Waals surface area contributed by atoms with Gasteiger partial charge in [-0.05, 0) is 24.1 Å². The average Bonchev–Trinajstić information content (AvgIpc) is 2.64. The van der Waals surface area contributed by atoms with Gasteiger partial charge in [-0.1, -0.05) is 11.6 Å². The first-order chi connectivity index (χ1) is 7.20. The molecule has 2 aromatic heterocycles. The fourth-order valence-electron chi connectivity index (χ4n) is 1.24. The molecule has 2 heterocycles. The maximum absolute atomic E-state index is 6.07. The summed E-state index contributed by atoms with van der Waals surface area (Å²) in [5, 5.41) is 4.69. The lowest BCUT2D eigenvalue weighted by atomic mass is 10.3. The van der Waals surface area contributed by atoms with Gasteiger partial charge in [0.15, 0.2) is 5.82 Å². The van der Waals surface area contributed by atoms with Crippen LogP contribution in [0.4, 0.5) is 0 Å². The lowest BCUT2D eigenvalue weighted by Crippen LogP contribution is -1.99. The molecular weight excluding hydrogens is 233 g/mol. The second-order valence-corrected chi connectivity index (χ2v) is 3.92. The summed E-state index contributed by atoms with van der Waals surface area (Å²) in [6.45, 7) is 1.96. The van der Waals surface area contributed by atoms with Crippen molar-refractivity contribution in [2.24, 2.45) is 0 Å². The molecule has 5 heteroatoms. The number of aromatic nitrogens is 3. The van der Waals surface area contributed by atoms with Crippen molar-refractivity contribution < 1.29 is 0 Å². The van der Waals surface area contributed by atoms with E-state index < -0.39 is 0 Å². The number of hydrogen-bond acceptors (Lipinski definition) is 2. The quantitative estimate of drug-likeness (QED) is 0.758. The van der Waals surface area contributed by atoms with Gasteiger partial charge in [-0.3, -0.25) is 0 Å². The van der Waals surface area contributed by atoms with Crippen molar-refractivity contribution in [3.63, 3.8) is 0 Å². The molecule has 78 valence electrons. The Kier molecular flexibility index (Phi) is 2.93. The smallest absolute Gasteiger partial charge is 0.172 e. The van der Waals surface area contributed by atoms with Crippen LogP contribution >= 0.6 is 23.2 Å². The lowest BCUT2D eigenvalue weighted by molar-refractivity contribution is 0.845. The summed E-state index contributed by atoms with van der Waals surface area (Å²) in [5.41, 5.74) is 1.96. The van der Waals surface area contributed by atoms with Gasteiger partial charge in [0.1, 0.15) is 0 Å². The maximum atomic E-state index is 6.07. The molecule has 2 rings (SSSR count). The summed E-state index contributed by atoms with van der Waals surface area (Å²) >= 11 is 11.8. The highest BCUT2D eigenvalue weighted by Crippen LogP contribution is 2.19. The van der Waals surface area contributed by atoms with Gasteiger partial charge < -0.3 is 0 Å². The van der Waals surface area contributed by atoms with E-state index in [1.807, 2.05) is 13.1 Å². The first-order valence-corrected chi connectivity index (χ1v) is 5.34. The number of nitrogens with zero attached hydrogens (tertiary/aromatic N) is 3. The van der Waals surface area contributed by atoms with Gasteiger partial charge in [-0.15, -0.1) is 11.6 Å². The largest absolute Gasteiger partial charge is 0.235 e. The Hall–Kier alpha value is -1.06. The molecule has 0 spiro atoms. The molecule has 0 aromatic carbocycles. The molecule has 0 amide bonds. The fourth-order valence-corrected chi connectivity index (χ4v) is 1.66. The highest BCUT2D eigenvalue weighted by Gasteiger charge is 2.06. The van der Waals surface area contributed by atoms with E-state index in [2.05, 4.69) is 10.1 Å². The van der Waals surface area contributed by atoms with Crippen LogP contribution in [0.25, 0.3) is 5.82 Å². The number of pyridine rings is 1. The van der Waals surface area contributed by atoms with Crippen molar-refractivity contribution in [1.82, 2.24) is 14.8 Å². The molecule has 0 atom stereocenters. The Balaban J connectivity index is 2.45. The maximum Gasteiger partial charge on any atom is 0.172 e. The Bertz CT molecular complexity index is 479. The standard InChI is InChI=1S/C10H9Cl2N3/c1-7-4-14-15(6-7)10-9(12)2-8(3-11)5-13-10/h2,4-6H,3H2,1H3. The van der Waals surface area contributed by atoms with E-state index in [0.29, 0.717) is 16.7 Å². The minimum atomic E-state index is 0.408. The van der Waals surface area contributed by atoms with Crippen molar-refractivity contribution in [1.29, 1.82) is 0 Å². The lowest BCUT2D eigenvalue weighted by Gasteiger charge is -2.03. The van der Waals surface area contributed by atoms with Crippen LogP contribution in [0.5, 0.6) is 0 Å². The molecule has 3 nitrogen and oxygen atoms in total. The second kappa shape index (κ2) is 4.21. The normalized spacial score (nSPS) is 10.6. The number of aryl methyl sites for hydroxylation is 1. The number of rotatable bonds is 2. The van der Waals surface area contributed by atoms with Gasteiger partial charge in [-0.25, -0.2) is 9.67 Å². The third-order valence-electron chi connectivity index (χ3n) is 1.96. The molecule has 0 radical (unpaired) electrons. The van der Waals surface area contributed by atoms with E-state index in [4.69, 9.17) is 23.2 Å². The van der Waals surface area contributed by atoms with Gasteiger partial charge in [0, 0.05) is 18.3 Å². The average molecular weight is 242 g/mol. The molecule has 2 aromatic rings. The highest BCUT2D eigenvalue weighted by atomic mass is 35.5. The zero-order chi connectivity index (χ0) is 10.8. The van der Waals surface area contributed by atoms with Gasteiger partial charge in [0.2, 0.25) is 0 Å². The molecule has 0 unspecified atom stereocenters. The van der Waals surface area contributed by atoms with E-state index >= 15 is 0 Å². The molecule has 0 aliphatic rings. The summed E-state index contributed by atoms with van der Waals surface area (Å²) in [5.74, 6) is 1.03. The minimum absolute atomic E-state index is 0.408. The molecule has 0 fully saturated rings. The molecule has 0 saturated heterocycles. The highest BCUT2D eigenvalue weighted by molar-refractivity contribution is 6.32. The van der Waals surface area contributed by atoms with Crippen LogP contribution in [0.2, 0.25) is 5.02 Å². The van der Waals surface area contributed by atoms with E-state index in [1.54, 1.807) is 23.1 Å². The van der Waals surface area contributed by atoms with Crippen LogP contribution in [0.15, 0.2) is 24.7 Å². The van der Waals surface area contributed by atoms with Gasteiger partial charge in [0.25, 0.3) is 0 Å². The van der Waals surface area contributed by atoms with E-state index in [0.717, 1.165) is 11.1 Å². The zero-order valence-corrected chi connectivity index (χ0v) is 9.63. The molecule has 0 N–H and O–H groups in total. The third-order valence-corrected chi connectivity index (χ3v) is 2.55. The number of halogens is 2. The predicted molar refractivity (Wildman–Crippen MR) is 60.7 cm³/mol. The predicted octanol–water partition coefficient (Wildman–Crippen LogP) is 2.97. The minimum Gasteiger partial charge on any atom is -0.235 e. The van der Waals surface area contributed by atoms with E-state index in [-0.39, 0.29) is 0 Å². The Morgan fingerprint density at radius 2 is 2.20 bits per heavy atom. The van der Waals surface area contributed by atoms with Gasteiger partial charge in [-0.2, -0.15) is 5.10 Å². The molecule has 0 saturated carbocycles. The first kappa shape index (κ1) is 10.5. The Labute approximate surface area is 97.7 Å². The zero-order valence-electron chi connectivity index (χ0n) is 8.11. The molecular formula is C10H9Cl2N3. The van der Waals surface area contributed by atoms with E-state index in [1.165, 1.54) is 0 Å². The van der Waals surface area contributed by atoms with Gasteiger partial charge >= 0.3 is 0 Å². The van der Waals surface area contributed by atoms with Crippen LogP contribution in [0, 0.1) is 6.92 Å². The van der Waals surface area contributed by atoms with Crippen molar-refractivity contribution in [3.05, 3.63) is 40.8 Å². The van der Waals surface area contributed by atoms with Crippen LogP contribution in [-0.2, 0) is 5.88 Å². The van der Waals surface area contributed by atoms with Crippen molar-refractivity contribution in [3.8, 4) is 5.82 Å². The summed E-state index contributed by atoms with van der Waals surface area (Å²) in [6.07, 6.45) is 5.33. The monoisotopic (exact) mass is 241 g/mol. The SMILES string of the molecule is Cc1cnn(-c2ncc(CCl)cc2Cl)c1. The van der Waals surface area contributed by atoms with E-state index in [9.17, 15) is 0 Å². The van der Waals surface area contributed by atoms with Crippen LogP contribution in [0.1, 0.15) is 11.1 Å². The number of hydrogen-bond donors (Lipinski definition) is 0. The van der Waals surface area contributed by atoms with Gasteiger partial charge in [0.05, 0.1) is 11.2 Å². The second-order valence-electron chi connectivity index (χ2n) is 3.24. The Morgan fingerprint density at radius 1 is 1.40 bits per heavy atom. The molecule has 0 aliphatic carbocycles. The van der Waals surface area contributed by atoms with Crippen molar-refractivity contribution in [2.75, 3.05) is 0 Å². The summed E-state index contributed by atoms with van der Waals surface area (Å²) in [7, 11) is 0. The summed E-state index contributed by atoms with van der Waals surface area (Å²) < 4.78 is 1.65. The molecule has 15 heavy (non-hydrogen) atoms. The molecule has 0 bridgehead atoms. The summed E-state index contributed by atoms with van der Waals surface area (Å²) in [4.78, 5) is 4.22. The van der Waals surface area contributed by atoms with Crippen molar-refractivity contribution in [2.45, 2.75) is 12.8 Å². The summed E-state index contributed by atoms with van der Waals surface area (Å²) in [6, 6.07) is 1.80. The fraction of sp³-hybridized carbons (Fsp3) is 0.200. The molecule has 0 aliphatic heterocycles. The van der Waals surface area contributed by atoms with Crippen LogP contribution in [-0.4, -0.2) is 14.8 Å². The topological polar surface area (TPSA) is 30.7 Å². The van der Waals surface area contributed by atoms with Crippen LogP contribution < -0.4 is 0 Å².